The summed E-state index contributed by atoms with van der Waals surface area (Å²) < 4.78 is 0. The number of nitrogens with one attached hydrogen (secondary N) is 2. The van der Waals surface area contributed by atoms with Gasteiger partial charge in [0.15, 0.2) is 0 Å². The molecule has 4 amide bonds. The van der Waals surface area contributed by atoms with Crippen LogP contribution in [0.2, 0.25) is 0 Å². The van der Waals surface area contributed by atoms with E-state index >= 15 is 0 Å². The molecule has 1 aromatic rings. The van der Waals surface area contributed by atoms with Crippen molar-refractivity contribution in [1.82, 2.24) is 10.2 Å². The van der Waals surface area contributed by atoms with E-state index in [0.717, 1.165) is 4.90 Å². The Hall–Kier alpha value is -2.74. The van der Waals surface area contributed by atoms with Gasteiger partial charge in [0.05, 0.1) is 11.1 Å². The third kappa shape index (κ3) is 2.65. The molecule has 24 heavy (non-hydrogen) atoms. The number of imide groups is 2. The molecule has 2 aliphatic heterocycles. The minimum Gasteiger partial charge on any atom is -0.381 e. The van der Waals surface area contributed by atoms with Crippen LogP contribution in [-0.2, 0) is 9.59 Å². The van der Waals surface area contributed by atoms with Crippen LogP contribution in [0.1, 0.15) is 40.5 Å². The Bertz CT molecular complexity index is 746. The zero-order valence-corrected chi connectivity index (χ0v) is 13.2. The lowest BCUT2D eigenvalue weighted by molar-refractivity contribution is -0.136. The molecule has 1 fully saturated rings. The third-order valence-electron chi connectivity index (χ3n) is 4.21. The van der Waals surface area contributed by atoms with Gasteiger partial charge in [-0.3, -0.25) is 29.4 Å². The van der Waals surface area contributed by atoms with Crippen LogP contribution in [-0.4, -0.2) is 47.2 Å². The Balaban J connectivity index is 1.88. The number of fused-ring (bicyclic) bond motifs is 1. The lowest BCUT2D eigenvalue weighted by Gasteiger charge is -2.27. The standard InChI is InChI=1S/C16H18N4O4/c1-8(7-17)18-9-2-3-10-11(6-9)16(24)20(15(10)23)12-4-5-13(21)19-14(12)22/h2-3,6,8,12,18H,4-5,7,17H2,1H3,(H,19,21,22)/t8-,12?/m1/s1. The largest absolute Gasteiger partial charge is 0.381 e. The van der Waals surface area contributed by atoms with Gasteiger partial charge in [-0.25, -0.2) is 0 Å². The molecule has 1 saturated heterocycles. The van der Waals surface area contributed by atoms with Crippen LogP contribution < -0.4 is 16.4 Å². The first-order valence-corrected chi connectivity index (χ1v) is 7.74. The molecule has 1 unspecified atom stereocenters. The van der Waals surface area contributed by atoms with Gasteiger partial charge < -0.3 is 11.1 Å². The van der Waals surface area contributed by atoms with Crippen LogP contribution in [0.5, 0.6) is 0 Å². The fourth-order valence-electron chi connectivity index (χ4n) is 2.90. The van der Waals surface area contributed by atoms with Crippen LogP contribution in [0.15, 0.2) is 18.2 Å². The van der Waals surface area contributed by atoms with Crippen molar-refractivity contribution in [3.05, 3.63) is 29.3 Å². The number of rotatable bonds is 4. The fraction of sp³-hybridized carbons (Fsp3) is 0.375. The monoisotopic (exact) mass is 330 g/mol. The van der Waals surface area contributed by atoms with Gasteiger partial charge in [-0.15, -0.1) is 0 Å². The van der Waals surface area contributed by atoms with Crippen molar-refractivity contribution in [1.29, 1.82) is 0 Å². The van der Waals surface area contributed by atoms with E-state index in [0.29, 0.717) is 12.2 Å². The first-order valence-electron chi connectivity index (χ1n) is 7.74. The van der Waals surface area contributed by atoms with Gasteiger partial charge in [-0.1, -0.05) is 0 Å². The Morgan fingerprint density at radius 2 is 1.96 bits per heavy atom. The van der Waals surface area contributed by atoms with Gasteiger partial charge in [0.25, 0.3) is 11.8 Å². The second-order valence-electron chi connectivity index (χ2n) is 5.99. The molecule has 2 atom stereocenters. The van der Waals surface area contributed by atoms with Crippen LogP contribution >= 0.6 is 0 Å². The van der Waals surface area contributed by atoms with Gasteiger partial charge in [0, 0.05) is 24.7 Å². The summed E-state index contributed by atoms with van der Waals surface area (Å²) in [4.78, 5) is 49.3. The molecule has 8 nitrogen and oxygen atoms in total. The summed E-state index contributed by atoms with van der Waals surface area (Å²) in [6.07, 6.45) is 0.246. The van der Waals surface area contributed by atoms with E-state index in [1.54, 1.807) is 18.2 Å². The molecule has 0 aromatic heterocycles. The minimum absolute atomic E-state index is 0.0153. The first-order chi connectivity index (χ1) is 11.4. The number of hydrogen-bond acceptors (Lipinski definition) is 6. The highest BCUT2D eigenvalue weighted by Crippen LogP contribution is 2.29. The van der Waals surface area contributed by atoms with Gasteiger partial charge in [-0.05, 0) is 31.5 Å². The molecular formula is C16H18N4O4. The van der Waals surface area contributed by atoms with Crippen LogP contribution in [0, 0.1) is 0 Å². The Morgan fingerprint density at radius 1 is 1.25 bits per heavy atom. The predicted molar refractivity (Wildman–Crippen MR) is 85.3 cm³/mol. The molecule has 3 rings (SSSR count). The van der Waals surface area contributed by atoms with Gasteiger partial charge in [0.2, 0.25) is 11.8 Å². The van der Waals surface area contributed by atoms with Gasteiger partial charge >= 0.3 is 0 Å². The molecule has 2 aliphatic rings. The number of carbonyl (C=O) groups is 4. The van der Waals surface area contributed by atoms with E-state index in [1.807, 2.05) is 6.92 Å². The second-order valence-corrected chi connectivity index (χ2v) is 5.99. The number of amides is 4. The highest BCUT2D eigenvalue weighted by atomic mass is 16.2. The quantitative estimate of drug-likeness (QED) is 0.660. The van der Waals surface area contributed by atoms with Gasteiger partial charge in [0.1, 0.15) is 6.04 Å². The number of nitrogens with two attached hydrogens (primary N) is 1. The summed E-state index contributed by atoms with van der Waals surface area (Å²) in [6, 6.07) is 3.92. The molecular weight excluding hydrogens is 312 g/mol. The molecule has 8 heteroatoms. The number of hydrogen-bond donors (Lipinski definition) is 3. The maximum Gasteiger partial charge on any atom is 0.262 e. The van der Waals surface area contributed by atoms with Crippen molar-refractivity contribution >= 4 is 29.3 Å². The van der Waals surface area contributed by atoms with Crippen molar-refractivity contribution in [3.63, 3.8) is 0 Å². The Morgan fingerprint density at radius 3 is 2.62 bits per heavy atom. The Kier molecular flexibility index (Phi) is 4.06. The molecule has 0 aliphatic carbocycles. The molecule has 0 bridgehead atoms. The average molecular weight is 330 g/mol. The van der Waals surface area contributed by atoms with E-state index in [2.05, 4.69) is 10.6 Å². The maximum atomic E-state index is 12.6. The Labute approximate surface area is 138 Å². The summed E-state index contributed by atoms with van der Waals surface area (Å²) in [7, 11) is 0. The molecule has 0 spiro atoms. The summed E-state index contributed by atoms with van der Waals surface area (Å²) in [6.45, 7) is 2.32. The second kappa shape index (κ2) is 6.04. The summed E-state index contributed by atoms with van der Waals surface area (Å²) >= 11 is 0. The number of piperidine rings is 1. The highest BCUT2D eigenvalue weighted by molar-refractivity contribution is 6.23. The third-order valence-corrected chi connectivity index (χ3v) is 4.21. The number of benzene rings is 1. The zero-order valence-electron chi connectivity index (χ0n) is 13.2. The molecule has 126 valence electrons. The lowest BCUT2D eigenvalue weighted by atomic mass is 10.0. The van der Waals surface area contributed by atoms with Crippen molar-refractivity contribution in [2.75, 3.05) is 11.9 Å². The van der Waals surface area contributed by atoms with Crippen LogP contribution in [0.4, 0.5) is 5.69 Å². The summed E-state index contributed by atoms with van der Waals surface area (Å²) in [5.74, 6) is -2.04. The van der Waals surface area contributed by atoms with E-state index < -0.39 is 29.7 Å². The minimum atomic E-state index is -0.950. The summed E-state index contributed by atoms with van der Waals surface area (Å²) in [5.41, 5.74) is 6.75. The van der Waals surface area contributed by atoms with E-state index in [1.165, 1.54) is 0 Å². The van der Waals surface area contributed by atoms with Crippen molar-refractivity contribution < 1.29 is 19.2 Å². The zero-order chi connectivity index (χ0) is 17.4. The molecule has 2 heterocycles. The fourth-order valence-corrected chi connectivity index (χ4v) is 2.90. The SMILES string of the molecule is C[C@H](CN)Nc1ccc2c(c1)C(=O)N(C1CCC(=O)NC1=O)C2=O. The van der Waals surface area contributed by atoms with E-state index in [4.69, 9.17) is 5.73 Å². The molecule has 4 N–H and O–H groups in total. The van der Waals surface area contributed by atoms with E-state index in [9.17, 15) is 19.2 Å². The number of nitrogens with zero attached hydrogens (tertiary/aromatic N) is 1. The smallest absolute Gasteiger partial charge is 0.262 e. The first kappa shape index (κ1) is 16.1. The predicted octanol–water partition coefficient (Wildman–Crippen LogP) is -0.153. The summed E-state index contributed by atoms with van der Waals surface area (Å²) in [5, 5.41) is 5.30. The maximum absolute atomic E-state index is 12.6. The average Bonchev–Trinajstić information content (AvgIpc) is 2.79. The van der Waals surface area contributed by atoms with Crippen molar-refractivity contribution in [2.45, 2.75) is 31.8 Å². The number of carbonyl (C=O) groups excluding carboxylic acids is 4. The molecule has 0 radical (unpaired) electrons. The van der Waals surface area contributed by atoms with Crippen molar-refractivity contribution in [2.24, 2.45) is 5.73 Å². The topological polar surface area (TPSA) is 122 Å². The van der Waals surface area contributed by atoms with Crippen LogP contribution in [0.3, 0.4) is 0 Å². The lowest BCUT2D eigenvalue weighted by Crippen LogP contribution is -2.54. The highest BCUT2D eigenvalue weighted by Gasteiger charge is 2.44. The van der Waals surface area contributed by atoms with E-state index in [-0.39, 0.29) is 30.0 Å². The van der Waals surface area contributed by atoms with Gasteiger partial charge in [-0.2, -0.15) is 0 Å². The van der Waals surface area contributed by atoms with Crippen LogP contribution in [0.25, 0.3) is 0 Å². The normalized spacial score (nSPS) is 21.6. The number of anilines is 1. The molecule has 0 saturated carbocycles. The van der Waals surface area contributed by atoms with Crippen molar-refractivity contribution in [3.8, 4) is 0 Å². The molecule has 1 aromatic carbocycles.